The summed E-state index contributed by atoms with van der Waals surface area (Å²) in [4.78, 5) is 10.0. The van der Waals surface area contributed by atoms with Crippen molar-refractivity contribution in [2.45, 2.75) is 43.3 Å². The molecule has 1 aromatic rings. The molecule has 23 heavy (non-hydrogen) atoms. The number of hydrogen-bond acceptors (Lipinski definition) is 2. The van der Waals surface area contributed by atoms with E-state index >= 15 is 0 Å². The lowest BCUT2D eigenvalue weighted by molar-refractivity contribution is -0.126. The number of carbonyl (C=O) groups is 1. The lowest BCUT2D eigenvalue weighted by atomic mass is 10.1. The van der Waals surface area contributed by atoms with Crippen LogP contribution in [-0.4, -0.2) is 18.1 Å². The number of amides is 1. The second kappa shape index (κ2) is 5.32. The fraction of sp³-hybridized carbons (Fsp3) is 0.462. The summed E-state index contributed by atoms with van der Waals surface area (Å²) in [6.45, 7) is 1.92. The fourth-order valence-electron chi connectivity index (χ4n) is 2.25. The molecule has 0 aromatic heterocycles. The molecule has 2 rings (SSSR count). The molecular weight excluding hydrogens is 409 g/mol. The zero-order valence-corrected chi connectivity index (χ0v) is 14.4. The minimum absolute atomic E-state index is 0.0234. The highest BCUT2D eigenvalue weighted by Crippen LogP contribution is 3.02. The van der Waals surface area contributed by atoms with Crippen LogP contribution in [0, 0.1) is 0 Å². The number of benzene rings is 1. The minimum atomic E-state index is -9.74. The molecule has 1 fully saturated rings. The van der Waals surface area contributed by atoms with Gasteiger partial charge >= 0.3 is 10.2 Å². The van der Waals surface area contributed by atoms with Gasteiger partial charge in [-0.3, -0.25) is 4.79 Å². The average Bonchev–Trinajstić information content (AvgIpc) is 2.87. The number of carbonyl (C=O) groups excluding carboxylic acids is 1. The zero-order chi connectivity index (χ0) is 17.5. The second-order valence-electron chi connectivity index (χ2n) is 5.33. The maximum absolute atomic E-state index is 12.7. The van der Waals surface area contributed by atoms with E-state index in [9.17, 15) is 24.2 Å². The monoisotopic (exact) mass is 423 g/mol. The SMILES string of the molecule is CC[C@@H]1CC[C@H](C(=O)Nc2ccc(S(F)(F)(F)(F)F)cc2Br)O1. The average molecular weight is 424 g/mol. The first-order valence-electron chi connectivity index (χ1n) is 6.80. The first-order chi connectivity index (χ1) is 10.3. The molecule has 1 aliphatic heterocycles. The maximum atomic E-state index is 12.7. The van der Waals surface area contributed by atoms with Crippen LogP contribution in [0.5, 0.6) is 0 Å². The van der Waals surface area contributed by atoms with Crippen molar-refractivity contribution < 1.29 is 29.0 Å². The third-order valence-electron chi connectivity index (χ3n) is 3.50. The standard InChI is InChI=1S/C13H15BrF5NO2S/c1-2-8-3-6-12(22-8)13(21)20-11-5-4-9(7-10(11)14)23(15,16,17,18)19/h4-5,7-8,12H,2-3,6H2,1H3,(H,20,21)/t8-,12-/m1/s1. The summed E-state index contributed by atoms with van der Waals surface area (Å²) in [5.74, 6) is -0.512. The highest BCUT2D eigenvalue weighted by Gasteiger charge is 2.65. The Bertz CT molecular complexity index is 637. The Balaban J connectivity index is 2.15. The van der Waals surface area contributed by atoms with Gasteiger partial charge < -0.3 is 10.1 Å². The van der Waals surface area contributed by atoms with Gasteiger partial charge in [-0.2, -0.15) is 0 Å². The van der Waals surface area contributed by atoms with Gasteiger partial charge in [0.2, 0.25) is 0 Å². The third kappa shape index (κ3) is 4.57. The van der Waals surface area contributed by atoms with Gasteiger partial charge in [-0.05, 0) is 53.4 Å². The van der Waals surface area contributed by atoms with Crippen molar-refractivity contribution in [2.24, 2.45) is 0 Å². The van der Waals surface area contributed by atoms with Crippen molar-refractivity contribution >= 4 is 37.7 Å². The van der Waals surface area contributed by atoms with E-state index in [2.05, 4.69) is 21.2 Å². The minimum Gasteiger partial charge on any atom is -0.365 e. The van der Waals surface area contributed by atoms with Gasteiger partial charge in [0.1, 0.15) is 11.0 Å². The van der Waals surface area contributed by atoms with E-state index in [1.165, 1.54) is 0 Å². The Labute approximate surface area is 138 Å². The molecule has 0 bridgehead atoms. The van der Waals surface area contributed by atoms with E-state index < -0.39 is 27.1 Å². The molecule has 2 atom stereocenters. The lowest BCUT2D eigenvalue weighted by Gasteiger charge is -2.40. The van der Waals surface area contributed by atoms with Crippen molar-refractivity contribution in [3.63, 3.8) is 0 Å². The molecule has 1 aliphatic rings. The van der Waals surface area contributed by atoms with Crippen molar-refractivity contribution in [3.8, 4) is 0 Å². The number of ether oxygens (including phenoxy) is 1. The van der Waals surface area contributed by atoms with Crippen LogP contribution in [0.4, 0.5) is 25.1 Å². The molecule has 1 N–H and O–H groups in total. The van der Waals surface area contributed by atoms with Gasteiger partial charge in [0, 0.05) is 4.47 Å². The van der Waals surface area contributed by atoms with Crippen molar-refractivity contribution in [3.05, 3.63) is 22.7 Å². The van der Waals surface area contributed by atoms with Gasteiger partial charge in [-0.1, -0.05) is 26.4 Å². The summed E-state index contributed by atoms with van der Waals surface area (Å²) >= 11 is 2.78. The Morgan fingerprint density at radius 2 is 1.96 bits per heavy atom. The number of nitrogens with one attached hydrogen (secondary N) is 1. The number of anilines is 1. The largest absolute Gasteiger partial charge is 0.365 e. The predicted octanol–water partition coefficient (Wildman–Crippen LogP) is 6.00. The van der Waals surface area contributed by atoms with Crippen molar-refractivity contribution in [1.29, 1.82) is 0 Å². The van der Waals surface area contributed by atoms with Gasteiger partial charge in [0.25, 0.3) is 5.91 Å². The molecular formula is C13H15BrF5NO2S. The van der Waals surface area contributed by atoms with Crippen LogP contribution in [-0.2, 0) is 9.53 Å². The van der Waals surface area contributed by atoms with Crippen LogP contribution >= 0.6 is 26.2 Å². The van der Waals surface area contributed by atoms with Crippen molar-refractivity contribution in [1.82, 2.24) is 0 Å². The molecule has 1 amide bonds. The Hall–Kier alpha value is -0.870. The molecule has 10 heteroatoms. The topological polar surface area (TPSA) is 38.3 Å². The third-order valence-corrected chi connectivity index (χ3v) is 5.30. The molecule has 0 saturated carbocycles. The quantitative estimate of drug-likeness (QED) is 0.602. The van der Waals surface area contributed by atoms with Crippen LogP contribution in [0.1, 0.15) is 26.2 Å². The van der Waals surface area contributed by atoms with E-state index in [4.69, 9.17) is 4.74 Å². The first-order valence-corrected chi connectivity index (χ1v) is 9.54. The molecule has 3 nitrogen and oxygen atoms in total. The number of halogens is 6. The van der Waals surface area contributed by atoms with Crippen LogP contribution in [0.25, 0.3) is 0 Å². The molecule has 1 aromatic carbocycles. The van der Waals surface area contributed by atoms with Gasteiger partial charge in [-0.15, -0.1) is 0 Å². The van der Waals surface area contributed by atoms with E-state index in [0.717, 1.165) is 18.9 Å². The number of rotatable bonds is 4. The highest BCUT2D eigenvalue weighted by molar-refractivity contribution is 9.10. The normalized spacial score (nSPS) is 24.8. The van der Waals surface area contributed by atoms with Crippen molar-refractivity contribution in [2.75, 3.05) is 5.32 Å². The van der Waals surface area contributed by atoms with E-state index in [0.29, 0.717) is 6.42 Å². The van der Waals surface area contributed by atoms with Crippen LogP contribution < -0.4 is 5.32 Å². The maximum Gasteiger partial charge on any atom is 0.310 e. The van der Waals surface area contributed by atoms with Crippen LogP contribution in [0.15, 0.2) is 27.6 Å². The summed E-state index contributed by atoms with van der Waals surface area (Å²) in [5.41, 5.74) is -0.0239. The summed E-state index contributed by atoms with van der Waals surface area (Å²) in [5, 5.41) is 2.39. The van der Waals surface area contributed by atoms with Gasteiger partial charge in [0.05, 0.1) is 11.8 Å². The summed E-state index contributed by atoms with van der Waals surface area (Å²) < 4.78 is 68.8. The van der Waals surface area contributed by atoms with Gasteiger partial charge in [-0.25, -0.2) is 0 Å². The molecule has 0 spiro atoms. The Kier molecular flexibility index (Phi) is 4.27. The molecule has 0 radical (unpaired) electrons. The van der Waals surface area contributed by atoms with Crippen LogP contribution in [0.3, 0.4) is 0 Å². The van der Waals surface area contributed by atoms with Gasteiger partial charge in [0.15, 0.2) is 0 Å². The highest BCUT2D eigenvalue weighted by atomic mass is 79.9. The number of hydrogen-bond donors (Lipinski definition) is 1. The first kappa shape index (κ1) is 18.5. The molecule has 1 heterocycles. The summed E-state index contributed by atoms with van der Waals surface area (Å²) in [6.07, 6.45) is 1.27. The summed E-state index contributed by atoms with van der Waals surface area (Å²) in [7, 11) is -9.74. The molecule has 0 aliphatic carbocycles. The Morgan fingerprint density at radius 1 is 1.30 bits per heavy atom. The van der Waals surface area contributed by atoms with Crippen LogP contribution in [0.2, 0.25) is 0 Å². The lowest BCUT2D eigenvalue weighted by Crippen LogP contribution is -2.28. The second-order valence-corrected chi connectivity index (χ2v) is 8.60. The smallest absolute Gasteiger partial charge is 0.310 e. The zero-order valence-electron chi connectivity index (χ0n) is 12.0. The molecule has 132 valence electrons. The molecule has 1 saturated heterocycles. The fourth-order valence-corrected chi connectivity index (χ4v) is 3.54. The van der Waals surface area contributed by atoms with E-state index in [1.807, 2.05) is 6.92 Å². The Morgan fingerprint density at radius 3 is 2.43 bits per heavy atom. The predicted molar refractivity (Wildman–Crippen MR) is 82.4 cm³/mol. The van der Waals surface area contributed by atoms with E-state index in [1.54, 1.807) is 0 Å². The summed E-state index contributed by atoms with van der Waals surface area (Å²) in [6, 6.07) is 1.31. The molecule has 0 unspecified atom stereocenters. The van der Waals surface area contributed by atoms with E-state index in [-0.39, 0.29) is 28.4 Å².